The van der Waals surface area contributed by atoms with E-state index in [9.17, 15) is 0 Å². The molecule has 2 N–H and O–H groups in total. The van der Waals surface area contributed by atoms with E-state index >= 15 is 0 Å². The molecule has 2 nitrogen and oxygen atoms in total. The van der Waals surface area contributed by atoms with Crippen LogP contribution in [0, 0.1) is 5.41 Å². The normalized spacial score (nSPS) is 27.0. The van der Waals surface area contributed by atoms with E-state index in [0.29, 0.717) is 0 Å². The molecule has 0 saturated carbocycles. The topological polar surface area (TPSA) is 35.2 Å². The number of thiophene rings is 1. The van der Waals surface area contributed by atoms with Gasteiger partial charge >= 0.3 is 0 Å². The summed E-state index contributed by atoms with van der Waals surface area (Å²) >= 11 is 5.26. The Kier molecular flexibility index (Phi) is 3.27. The predicted octanol–water partition coefficient (Wildman–Crippen LogP) is 2.42. The average Bonchev–Trinajstić information content (AvgIpc) is 2.77. The van der Waals surface area contributed by atoms with Gasteiger partial charge in [0.1, 0.15) is 0 Å². The van der Waals surface area contributed by atoms with Gasteiger partial charge in [0.05, 0.1) is 6.61 Å². The minimum Gasteiger partial charge on any atom is -0.381 e. The molecule has 14 heavy (non-hydrogen) atoms. The molecular weight excluding hydrogens is 262 g/mol. The van der Waals surface area contributed by atoms with Gasteiger partial charge in [0.2, 0.25) is 0 Å². The Bertz CT molecular complexity index is 307. The maximum absolute atomic E-state index is 5.84. The number of halogens is 1. The van der Waals surface area contributed by atoms with Crippen molar-refractivity contribution in [2.75, 3.05) is 19.8 Å². The summed E-state index contributed by atoms with van der Waals surface area (Å²) in [6.45, 7) is 2.41. The first-order chi connectivity index (χ1) is 6.74. The van der Waals surface area contributed by atoms with E-state index in [1.807, 2.05) is 0 Å². The highest BCUT2D eigenvalue weighted by Gasteiger charge is 2.33. The summed E-state index contributed by atoms with van der Waals surface area (Å²) in [5.74, 6) is 0. The van der Waals surface area contributed by atoms with Crippen LogP contribution >= 0.6 is 27.3 Å². The van der Waals surface area contributed by atoms with Crippen molar-refractivity contribution in [2.45, 2.75) is 12.8 Å². The van der Waals surface area contributed by atoms with E-state index in [1.54, 1.807) is 11.3 Å². The zero-order valence-electron chi connectivity index (χ0n) is 7.96. The van der Waals surface area contributed by atoms with Crippen molar-refractivity contribution in [1.82, 2.24) is 0 Å². The summed E-state index contributed by atoms with van der Waals surface area (Å²) in [4.78, 5) is 1.40. The first-order valence-electron chi connectivity index (χ1n) is 4.75. The van der Waals surface area contributed by atoms with Gasteiger partial charge in [-0.15, -0.1) is 11.3 Å². The first-order valence-corrected chi connectivity index (χ1v) is 6.42. The van der Waals surface area contributed by atoms with Gasteiger partial charge in [0.15, 0.2) is 0 Å². The lowest BCUT2D eigenvalue weighted by Crippen LogP contribution is -2.32. The summed E-state index contributed by atoms with van der Waals surface area (Å²) in [6, 6.07) is 2.18. The molecule has 0 aromatic carbocycles. The van der Waals surface area contributed by atoms with Crippen LogP contribution in [0.2, 0.25) is 0 Å². The molecule has 2 rings (SSSR count). The van der Waals surface area contributed by atoms with E-state index in [-0.39, 0.29) is 5.41 Å². The van der Waals surface area contributed by atoms with Gasteiger partial charge < -0.3 is 10.5 Å². The average molecular weight is 276 g/mol. The van der Waals surface area contributed by atoms with Crippen LogP contribution in [0.25, 0.3) is 0 Å². The fourth-order valence-corrected chi connectivity index (χ4v) is 3.46. The largest absolute Gasteiger partial charge is 0.381 e. The molecule has 2 heterocycles. The lowest BCUT2D eigenvalue weighted by molar-refractivity contribution is 0.155. The van der Waals surface area contributed by atoms with Crippen molar-refractivity contribution in [1.29, 1.82) is 0 Å². The number of hydrogen-bond donors (Lipinski definition) is 1. The van der Waals surface area contributed by atoms with Gasteiger partial charge in [-0.3, -0.25) is 0 Å². The molecule has 0 aliphatic carbocycles. The Hall–Kier alpha value is 0.1000. The van der Waals surface area contributed by atoms with Crippen LogP contribution in [0.1, 0.15) is 11.3 Å². The Morgan fingerprint density at radius 3 is 3.00 bits per heavy atom. The predicted molar refractivity (Wildman–Crippen MR) is 62.6 cm³/mol. The molecule has 4 heteroatoms. The van der Waals surface area contributed by atoms with Crippen LogP contribution in [0.5, 0.6) is 0 Å². The van der Waals surface area contributed by atoms with E-state index in [2.05, 4.69) is 27.4 Å². The second-order valence-electron chi connectivity index (χ2n) is 3.91. The summed E-state index contributed by atoms with van der Waals surface area (Å²) in [5, 5.41) is 2.12. The number of rotatable bonds is 3. The van der Waals surface area contributed by atoms with Crippen LogP contribution in [-0.2, 0) is 11.2 Å². The van der Waals surface area contributed by atoms with Crippen LogP contribution in [0.3, 0.4) is 0 Å². The lowest BCUT2D eigenvalue weighted by Gasteiger charge is -2.24. The second kappa shape index (κ2) is 4.31. The molecule has 0 bridgehead atoms. The third-order valence-electron chi connectivity index (χ3n) is 2.79. The monoisotopic (exact) mass is 275 g/mol. The minimum absolute atomic E-state index is 0.199. The molecule has 78 valence electrons. The SMILES string of the molecule is NCC1(Cc2cc(Br)cs2)CCOC1. The zero-order valence-corrected chi connectivity index (χ0v) is 10.4. The maximum Gasteiger partial charge on any atom is 0.0538 e. The van der Waals surface area contributed by atoms with Crippen LogP contribution < -0.4 is 5.73 Å². The van der Waals surface area contributed by atoms with Crippen LogP contribution in [0.15, 0.2) is 15.9 Å². The molecule has 1 aliphatic rings. The molecule has 1 aromatic rings. The lowest BCUT2D eigenvalue weighted by atomic mass is 9.83. The van der Waals surface area contributed by atoms with Gasteiger partial charge in [-0.1, -0.05) is 0 Å². The maximum atomic E-state index is 5.84. The van der Waals surface area contributed by atoms with Crippen LogP contribution in [-0.4, -0.2) is 19.8 Å². The molecule has 1 fully saturated rings. The molecule has 0 spiro atoms. The number of ether oxygens (including phenoxy) is 1. The van der Waals surface area contributed by atoms with Gasteiger partial charge in [-0.2, -0.15) is 0 Å². The second-order valence-corrected chi connectivity index (χ2v) is 5.83. The third-order valence-corrected chi connectivity index (χ3v) is 4.49. The quantitative estimate of drug-likeness (QED) is 0.920. The van der Waals surface area contributed by atoms with Gasteiger partial charge in [-0.05, 0) is 34.8 Å². The van der Waals surface area contributed by atoms with E-state index in [1.165, 1.54) is 9.35 Å². The van der Waals surface area contributed by atoms with Gasteiger partial charge in [0, 0.05) is 33.3 Å². The van der Waals surface area contributed by atoms with Gasteiger partial charge in [0.25, 0.3) is 0 Å². The molecule has 1 unspecified atom stereocenters. The summed E-state index contributed by atoms with van der Waals surface area (Å²) in [7, 11) is 0. The molecule has 1 saturated heterocycles. The van der Waals surface area contributed by atoms with Crippen molar-refractivity contribution < 1.29 is 4.74 Å². The molecule has 0 radical (unpaired) electrons. The Morgan fingerprint density at radius 1 is 1.64 bits per heavy atom. The van der Waals surface area contributed by atoms with E-state index in [0.717, 1.165) is 32.6 Å². The van der Waals surface area contributed by atoms with Gasteiger partial charge in [-0.25, -0.2) is 0 Å². The van der Waals surface area contributed by atoms with Crippen molar-refractivity contribution in [3.8, 4) is 0 Å². The van der Waals surface area contributed by atoms with E-state index in [4.69, 9.17) is 10.5 Å². The highest BCUT2D eigenvalue weighted by Crippen LogP contribution is 2.34. The van der Waals surface area contributed by atoms with Crippen molar-refractivity contribution >= 4 is 27.3 Å². The molecule has 1 atom stereocenters. The molecule has 0 amide bonds. The number of nitrogens with two attached hydrogens (primary N) is 1. The Balaban J connectivity index is 2.08. The molecule has 1 aromatic heterocycles. The highest BCUT2D eigenvalue weighted by atomic mass is 79.9. The first kappa shape index (κ1) is 10.6. The molecular formula is C10H14BrNOS. The van der Waals surface area contributed by atoms with Crippen molar-refractivity contribution in [3.63, 3.8) is 0 Å². The summed E-state index contributed by atoms with van der Waals surface area (Å²) < 4.78 is 6.61. The highest BCUT2D eigenvalue weighted by molar-refractivity contribution is 9.10. The fraction of sp³-hybridized carbons (Fsp3) is 0.600. The Morgan fingerprint density at radius 2 is 2.50 bits per heavy atom. The van der Waals surface area contributed by atoms with Crippen LogP contribution in [0.4, 0.5) is 0 Å². The fourth-order valence-electron chi connectivity index (χ4n) is 1.84. The number of hydrogen-bond acceptors (Lipinski definition) is 3. The van der Waals surface area contributed by atoms with Crippen molar-refractivity contribution in [2.24, 2.45) is 11.1 Å². The summed E-state index contributed by atoms with van der Waals surface area (Å²) in [5.41, 5.74) is 6.04. The van der Waals surface area contributed by atoms with E-state index < -0.39 is 0 Å². The van der Waals surface area contributed by atoms with Crippen molar-refractivity contribution in [3.05, 3.63) is 20.8 Å². The summed E-state index contributed by atoms with van der Waals surface area (Å²) in [6.07, 6.45) is 2.15. The Labute approximate surface area is 96.6 Å². The smallest absolute Gasteiger partial charge is 0.0538 e. The third kappa shape index (κ3) is 2.19. The molecule has 1 aliphatic heterocycles. The zero-order chi connectivity index (χ0) is 10.0. The standard InChI is InChI=1S/C10H14BrNOS/c11-8-3-9(14-5-8)4-10(6-12)1-2-13-7-10/h3,5H,1-2,4,6-7,12H2. The minimum atomic E-state index is 0.199.